The minimum absolute atomic E-state index is 0.484. The van der Waals surface area contributed by atoms with E-state index in [9.17, 15) is 0 Å². The van der Waals surface area contributed by atoms with Crippen molar-refractivity contribution in [2.24, 2.45) is 5.41 Å². The molecule has 0 aromatic carbocycles. The lowest BCUT2D eigenvalue weighted by molar-refractivity contribution is 0.0628. The Hall–Kier alpha value is -0.120. The normalized spacial score (nSPS) is 28.6. The summed E-state index contributed by atoms with van der Waals surface area (Å²) in [6, 6.07) is 1.30. The molecule has 102 valence electrons. The van der Waals surface area contributed by atoms with Crippen LogP contribution in [0.4, 0.5) is 0 Å². The number of nitrogens with zero attached hydrogens (tertiary/aromatic N) is 1. The fourth-order valence-electron chi connectivity index (χ4n) is 2.91. The Morgan fingerprint density at radius 1 is 1.41 bits per heavy atom. The highest BCUT2D eigenvalue weighted by Gasteiger charge is 2.36. The van der Waals surface area contributed by atoms with Crippen molar-refractivity contribution in [3.63, 3.8) is 0 Å². The molecule has 2 atom stereocenters. The summed E-state index contributed by atoms with van der Waals surface area (Å²) in [6.07, 6.45) is 3.91. The second-order valence-electron chi connectivity index (χ2n) is 6.11. The lowest BCUT2D eigenvalue weighted by atomic mass is 9.72. The van der Waals surface area contributed by atoms with E-state index in [0.717, 1.165) is 19.7 Å². The Bertz CT molecular complexity index is 218. The van der Waals surface area contributed by atoms with Crippen LogP contribution in [0.1, 0.15) is 40.0 Å². The topological polar surface area (TPSA) is 24.5 Å². The summed E-state index contributed by atoms with van der Waals surface area (Å²) in [5.41, 5.74) is 0.484. The molecule has 1 fully saturated rings. The standard InChI is InChI=1S/C14H30N2O/c1-6-15-12-7-8-14(2,3)11-13(12)16(4)9-10-17-5/h12-13,15H,6-11H2,1-5H3. The molecule has 0 spiro atoms. The Kier molecular flexibility index (Phi) is 5.90. The minimum Gasteiger partial charge on any atom is -0.383 e. The van der Waals surface area contributed by atoms with Crippen molar-refractivity contribution in [2.75, 3.05) is 33.9 Å². The van der Waals surface area contributed by atoms with Crippen molar-refractivity contribution in [1.82, 2.24) is 10.2 Å². The summed E-state index contributed by atoms with van der Waals surface area (Å²) in [6.45, 7) is 9.91. The third kappa shape index (κ3) is 4.57. The van der Waals surface area contributed by atoms with Crippen LogP contribution in [0, 0.1) is 5.41 Å². The first-order valence-electron chi connectivity index (χ1n) is 6.92. The van der Waals surface area contributed by atoms with Gasteiger partial charge in [0.15, 0.2) is 0 Å². The number of rotatable bonds is 6. The third-order valence-corrected chi connectivity index (χ3v) is 4.04. The zero-order valence-corrected chi connectivity index (χ0v) is 12.3. The molecule has 0 heterocycles. The SMILES string of the molecule is CCNC1CCC(C)(C)CC1N(C)CCOC. The van der Waals surface area contributed by atoms with Gasteiger partial charge in [-0.3, -0.25) is 4.90 Å². The molecular weight excluding hydrogens is 212 g/mol. The second-order valence-corrected chi connectivity index (χ2v) is 6.11. The van der Waals surface area contributed by atoms with Crippen LogP contribution in [0.15, 0.2) is 0 Å². The van der Waals surface area contributed by atoms with Crippen molar-refractivity contribution >= 4 is 0 Å². The maximum atomic E-state index is 5.19. The first kappa shape index (κ1) is 14.9. The molecule has 3 nitrogen and oxygen atoms in total. The van der Waals surface area contributed by atoms with Crippen LogP contribution in [-0.2, 0) is 4.74 Å². The van der Waals surface area contributed by atoms with Crippen LogP contribution in [0.5, 0.6) is 0 Å². The summed E-state index contributed by atoms with van der Waals surface area (Å²) in [4.78, 5) is 2.47. The molecule has 0 saturated heterocycles. The van der Waals surface area contributed by atoms with Gasteiger partial charge in [0.2, 0.25) is 0 Å². The first-order valence-corrected chi connectivity index (χ1v) is 6.92. The highest BCUT2D eigenvalue weighted by Crippen LogP contribution is 2.37. The Balaban J connectivity index is 2.59. The van der Waals surface area contributed by atoms with Crippen molar-refractivity contribution in [3.05, 3.63) is 0 Å². The van der Waals surface area contributed by atoms with Crippen LogP contribution >= 0.6 is 0 Å². The maximum absolute atomic E-state index is 5.19. The number of hydrogen-bond acceptors (Lipinski definition) is 3. The third-order valence-electron chi connectivity index (χ3n) is 4.04. The first-order chi connectivity index (χ1) is 8.00. The number of methoxy groups -OCH3 is 1. The number of likely N-dealkylation sites (N-methyl/N-ethyl adjacent to an activating group) is 2. The van der Waals surface area contributed by atoms with Crippen molar-refractivity contribution < 1.29 is 4.74 Å². The van der Waals surface area contributed by atoms with E-state index in [-0.39, 0.29) is 0 Å². The molecule has 0 radical (unpaired) electrons. The van der Waals surface area contributed by atoms with E-state index in [4.69, 9.17) is 4.74 Å². The van der Waals surface area contributed by atoms with Gasteiger partial charge in [-0.25, -0.2) is 0 Å². The quantitative estimate of drug-likeness (QED) is 0.772. The average Bonchev–Trinajstić information content (AvgIpc) is 2.28. The smallest absolute Gasteiger partial charge is 0.0589 e. The summed E-state index contributed by atoms with van der Waals surface area (Å²) in [7, 11) is 4.01. The van der Waals surface area contributed by atoms with Crippen LogP contribution in [-0.4, -0.2) is 50.8 Å². The van der Waals surface area contributed by atoms with E-state index < -0.39 is 0 Å². The highest BCUT2D eigenvalue weighted by molar-refractivity contribution is 4.93. The highest BCUT2D eigenvalue weighted by atomic mass is 16.5. The van der Waals surface area contributed by atoms with Gasteiger partial charge in [0.25, 0.3) is 0 Å². The summed E-state index contributed by atoms with van der Waals surface area (Å²) in [5.74, 6) is 0. The predicted octanol–water partition coefficient (Wildman–Crippen LogP) is 2.12. The fourth-order valence-corrected chi connectivity index (χ4v) is 2.91. The predicted molar refractivity (Wildman–Crippen MR) is 73.4 cm³/mol. The van der Waals surface area contributed by atoms with Crippen LogP contribution in [0.25, 0.3) is 0 Å². The molecule has 2 unspecified atom stereocenters. The van der Waals surface area contributed by atoms with Gasteiger partial charge in [-0.15, -0.1) is 0 Å². The summed E-state index contributed by atoms with van der Waals surface area (Å²) in [5, 5.41) is 3.65. The lowest BCUT2D eigenvalue weighted by Gasteiger charge is -2.45. The Labute approximate surface area is 107 Å². The molecule has 0 aromatic rings. The Morgan fingerprint density at radius 2 is 2.12 bits per heavy atom. The molecular formula is C14H30N2O. The number of hydrogen-bond donors (Lipinski definition) is 1. The molecule has 17 heavy (non-hydrogen) atoms. The van der Waals surface area contributed by atoms with Gasteiger partial charge in [-0.2, -0.15) is 0 Å². The molecule has 1 saturated carbocycles. The zero-order valence-electron chi connectivity index (χ0n) is 12.3. The molecule has 1 N–H and O–H groups in total. The molecule has 1 aliphatic carbocycles. The molecule has 0 amide bonds. The van der Waals surface area contributed by atoms with Crippen LogP contribution in [0.3, 0.4) is 0 Å². The van der Waals surface area contributed by atoms with Gasteiger partial charge >= 0.3 is 0 Å². The lowest BCUT2D eigenvalue weighted by Crippen LogP contribution is -2.54. The zero-order chi connectivity index (χ0) is 12.9. The molecule has 0 aliphatic heterocycles. The van der Waals surface area contributed by atoms with Gasteiger partial charge in [0.05, 0.1) is 6.61 Å². The molecule has 0 aromatic heterocycles. The number of nitrogens with one attached hydrogen (secondary N) is 1. The van der Waals surface area contributed by atoms with E-state index in [1.54, 1.807) is 7.11 Å². The van der Waals surface area contributed by atoms with Crippen LogP contribution < -0.4 is 5.32 Å². The average molecular weight is 242 g/mol. The molecule has 0 bridgehead atoms. The molecule has 3 heteroatoms. The summed E-state index contributed by atoms with van der Waals surface area (Å²) >= 11 is 0. The van der Waals surface area contributed by atoms with Crippen molar-refractivity contribution in [3.8, 4) is 0 Å². The minimum atomic E-state index is 0.484. The molecule has 1 aliphatic rings. The largest absolute Gasteiger partial charge is 0.383 e. The van der Waals surface area contributed by atoms with E-state index in [1.807, 2.05) is 0 Å². The van der Waals surface area contributed by atoms with Gasteiger partial charge in [-0.1, -0.05) is 20.8 Å². The van der Waals surface area contributed by atoms with E-state index in [1.165, 1.54) is 19.3 Å². The maximum Gasteiger partial charge on any atom is 0.0589 e. The van der Waals surface area contributed by atoms with Crippen molar-refractivity contribution in [1.29, 1.82) is 0 Å². The Morgan fingerprint density at radius 3 is 2.71 bits per heavy atom. The molecule has 1 rings (SSSR count). The summed E-state index contributed by atoms with van der Waals surface area (Å²) < 4.78 is 5.19. The van der Waals surface area contributed by atoms with E-state index >= 15 is 0 Å². The fraction of sp³-hybridized carbons (Fsp3) is 1.00. The van der Waals surface area contributed by atoms with Gasteiger partial charge in [0, 0.05) is 25.7 Å². The van der Waals surface area contributed by atoms with Gasteiger partial charge in [-0.05, 0) is 38.3 Å². The van der Waals surface area contributed by atoms with Gasteiger partial charge < -0.3 is 10.1 Å². The second kappa shape index (κ2) is 6.72. The van der Waals surface area contributed by atoms with E-state index in [0.29, 0.717) is 17.5 Å². The van der Waals surface area contributed by atoms with Gasteiger partial charge in [0.1, 0.15) is 0 Å². The van der Waals surface area contributed by atoms with E-state index in [2.05, 4.69) is 38.0 Å². The van der Waals surface area contributed by atoms with Crippen LogP contribution in [0.2, 0.25) is 0 Å². The van der Waals surface area contributed by atoms with Crippen molar-refractivity contribution in [2.45, 2.75) is 52.1 Å². The monoisotopic (exact) mass is 242 g/mol. The number of ether oxygens (including phenoxy) is 1.